The molecule has 0 unspecified atom stereocenters. The predicted molar refractivity (Wildman–Crippen MR) is 131 cm³/mol. The van der Waals surface area contributed by atoms with Crippen molar-refractivity contribution in [2.75, 3.05) is 32.3 Å². The number of thioether (sulfide) groups is 1. The number of anilines is 1. The number of nitrogens with zero attached hydrogens (tertiary/aromatic N) is 1. The highest BCUT2D eigenvalue weighted by Crippen LogP contribution is 2.36. The van der Waals surface area contributed by atoms with E-state index in [4.69, 9.17) is 21.1 Å². The van der Waals surface area contributed by atoms with Crippen LogP contribution in [0.25, 0.3) is 0 Å². The lowest BCUT2D eigenvalue weighted by Gasteiger charge is -2.18. The van der Waals surface area contributed by atoms with Gasteiger partial charge < -0.3 is 14.8 Å². The van der Waals surface area contributed by atoms with Gasteiger partial charge in [0.15, 0.2) is 17.2 Å². The van der Waals surface area contributed by atoms with Crippen molar-refractivity contribution < 1.29 is 22.7 Å². The van der Waals surface area contributed by atoms with Crippen molar-refractivity contribution in [2.45, 2.75) is 9.79 Å². The van der Waals surface area contributed by atoms with Gasteiger partial charge in [0, 0.05) is 17.0 Å². The molecule has 0 radical (unpaired) electrons. The maximum Gasteiger partial charge on any atom is 0.243 e. The standard InChI is InChI=1S/C23H23ClN2O5S2/c1-26(33(28,29)18-11-9-17(32-3)10-12-18)15-23(27)25-19-14-16(24)8-13-20(19)31-22-7-5-4-6-21(22)30-2/h4-14H,15H2,1-3H3,(H,25,27). The number of carbonyl (C=O) groups is 1. The van der Waals surface area contributed by atoms with Gasteiger partial charge in [-0.3, -0.25) is 4.79 Å². The van der Waals surface area contributed by atoms with Gasteiger partial charge in [-0.25, -0.2) is 8.42 Å². The van der Waals surface area contributed by atoms with Gasteiger partial charge in [0.25, 0.3) is 0 Å². The molecule has 3 aromatic rings. The highest BCUT2D eigenvalue weighted by Gasteiger charge is 2.23. The number of ether oxygens (including phenoxy) is 2. The van der Waals surface area contributed by atoms with Gasteiger partial charge in [-0.15, -0.1) is 11.8 Å². The topological polar surface area (TPSA) is 84.9 Å². The summed E-state index contributed by atoms with van der Waals surface area (Å²) < 4.78 is 37.9. The molecule has 1 N–H and O–H groups in total. The minimum Gasteiger partial charge on any atom is -0.493 e. The van der Waals surface area contributed by atoms with Gasteiger partial charge in [0.2, 0.25) is 15.9 Å². The molecule has 3 rings (SSSR count). The Balaban J connectivity index is 1.76. The van der Waals surface area contributed by atoms with Crippen LogP contribution >= 0.6 is 23.4 Å². The Morgan fingerprint density at radius 2 is 1.70 bits per heavy atom. The number of para-hydroxylation sites is 2. The van der Waals surface area contributed by atoms with Crippen LogP contribution in [0.3, 0.4) is 0 Å². The molecule has 0 atom stereocenters. The van der Waals surface area contributed by atoms with Crippen LogP contribution in [0.1, 0.15) is 0 Å². The highest BCUT2D eigenvalue weighted by molar-refractivity contribution is 7.98. The van der Waals surface area contributed by atoms with E-state index in [1.54, 1.807) is 48.5 Å². The molecule has 0 saturated heterocycles. The van der Waals surface area contributed by atoms with Crippen LogP contribution in [0, 0.1) is 0 Å². The fourth-order valence-electron chi connectivity index (χ4n) is 2.92. The molecule has 0 fully saturated rings. The zero-order valence-corrected chi connectivity index (χ0v) is 20.6. The third-order valence-corrected chi connectivity index (χ3v) is 7.43. The summed E-state index contributed by atoms with van der Waals surface area (Å²) in [5.74, 6) is 0.749. The predicted octanol–water partition coefficient (Wildman–Crippen LogP) is 5.12. The van der Waals surface area contributed by atoms with Gasteiger partial charge in [-0.2, -0.15) is 4.31 Å². The molecular formula is C23H23ClN2O5S2. The number of sulfonamides is 1. The zero-order valence-electron chi connectivity index (χ0n) is 18.2. The van der Waals surface area contributed by atoms with Crippen LogP contribution in [0.5, 0.6) is 17.2 Å². The molecular weight excluding hydrogens is 484 g/mol. The van der Waals surface area contributed by atoms with E-state index < -0.39 is 22.5 Å². The maximum absolute atomic E-state index is 12.8. The van der Waals surface area contributed by atoms with Crippen LogP contribution in [-0.2, 0) is 14.8 Å². The number of rotatable bonds is 9. The largest absolute Gasteiger partial charge is 0.493 e. The minimum atomic E-state index is -3.84. The second-order valence-electron chi connectivity index (χ2n) is 6.88. The van der Waals surface area contributed by atoms with E-state index in [1.165, 1.54) is 44.1 Å². The van der Waals surface area contributed by atoms with Crippen LogP contribution in [0.2, 0.25) is 5.02 Å². The van der Waals surface area contributed by atoms with Gasteiger partial charge in [0.1, 0.15) is 0 Å². The molecule has 3 aromatic carbocycles. The number of nitrogens with one attached hydrogen (secondary N) is 1. The van der Waals surface area contributed by atoms with Crippen molar-refractivity contribution in [1.29, 1.82) is 0 Å². The Hall–Kier alpha value is -2.72. The van der Waals surface area contributed by atoms with E-state index in [0.717, 1.165) is 9.20 Å². The lowest BCUT2D eigenvalue weighted by molar-refractivity contribution is -0.116. The van der Waals surface area contributed by atoms with Crippen LogP contribution in [-0.4, -0.2) is 45.6 Å². The molecule has 0 aliphatic rings. The number of halogens is 1. The molecule has 7 nitrogen and oxygen atoms in total. The van der Waals surface area contributed by atoms with Crippen molar-refractivity contribution in [2.24, 2.45) is 0 Å². The Bertz CT molecular complexity index is 1230. The fourth-order valence-corrected chi connectivity index (χ4v) is 4.62. The van der Waals surface area contributed by atoms with Gasteiger partial charge in [0.05, 0.1) is 24.2 Å². The quantitative estimate of drug-likeness (QED) is 0.405. The molecule has 33 heavy (non-hydrogen) atoms. The summed E-state index contributed by atoms with van der Waals surface area (Å²) in [7, 11) is -0.963. The van der Waals surface area contributed by atoms with E-state index in [9.17, 15) is 13.2 Å². The molecule has 1 amide bonds. The van der Waals surface area contributed by atoms with E-state index in [-0.39, 0.29) is 4.90 Å². The summed E-state index contributed by atoms with van der Waals surface area (Å²) in [5, 5.41) is 3.07. The number of methoxy groups -OCH3 is 1. The Morgan fingerprint density at radius 1 is 1.03 bits per heavy atom. The van der Waals surface area contributed by atoms with Crippen molar-refractivity contribution >= 4 is 45.0 Å². The normalized spacial score (nSPS) is 11.3. The van der Waals surface area contributed by atoms with Crippen molar-refractivity contribution in [3.05, 3.63) is 71.8 Å². The average molecular weight is 507 g/mol. The summed E-state index contributed by atoms with van der Waals surface area (Å²) in [6, 6.07) is 18.3. The first-order valence-electron chi connectivity index (χ1n) is 9.75. The van der Waals surface area contributed by atoms with E-state index in [2.05, 4.69) is 5.32 Å². The minimum absolute atomic E-state index is 0.110. The summed E-state index contributed by atoms with van der Waals surface area (Å²) >= 11 is 7.62. The lowest BCUT2D eigenvalue weighted by atomic mass is 10.2. The third-order valence-electron chi connectivity index (χ3n) is 4.64. The van der Waals surface area contributed by atoms with Crippen molar-refractivity contribution in [3.8, 4) is 17.2 Å². The van der Waals surface area contributed by atoms with E-state index in [0.29, 0.717) is 28.0 Å². The lowest BCUT2D eigenvalue weighted by Crippen LogP contribution is -2.35. The molecule has 0 spiro atoms. The highest BCUT2D eigenvalue weighted by atomic mass is 35.5. The summed E-state index contributed by atoms with van der Waals surface area (Å²) in [4.78, 5) is 13.7. The van der Waals surface area contributed by atoms with Crippen molar-refractivity contribution in [3.63, 3.8) is 0 Å². The van der Waals surface area contributed by atoms with Crippen LogP contribution < -0.4 is 14.8 Å². The molecule has 0 saturated carbocycles. The number of hydrogen-bond donors (Lipinski definition) is 1. The summed E-state index contributed by atoms with van der Waals surface area (Å²) in [6.07, 6.45) is 1.90. The van der Waals surface area contributed by atoms with Gasteiger partial charge >= 0.3 is 0 Å². The first kappa shape index (κ1) is 24.9. The van der Waals surface area contributed by atoms with Crippen LogP contribution in [0.15, 0.2) is 76.5 Å². The Labute approximate surface area is 202 Å². The first-order valence-corrected chi connectivity index (χ1v) is 12.8. The number of benzene rings is 3. The maximum atomic E-state index is 12.8. The molecule has 0 aliphatic heterocycles. The van der Waals surface area contributed by atoms with Gasteiger partial charge in [-0.1, -0.05) is 23.7 Å². The average Bonchev–Trinajstić information content (AvgIpc) is 2.81. The molecule has 0 heterocycles. The third kappa shape index (κ3) is 6.20. The van der Waals surface area contributed by atoms with E-state index >= 15 is 0 Å². The Kier molecular flexibility index (Phi) is 8.25. The number of amides is 1. The second-order valence-corrected chi connectivity index (χ2v) is 10.2. The molecule has 0 aliphatic carbocycles. The zero-order chi connectivity index (χ0) is 24.0. The molecule has 174 valence electrons. The molecule has 0 aromatic heterocycles. The Morgan fingerprint density at radius 3 is 2.33 bits per heavy atom. The summed E-state index contributed by atoms with van der Waals surface area (Å²) in [6.45, 7) is -0.396. The fraction of sp³-hybridized carbons (Fsp3) is 0.174. The summed E-state index contributed by atoms with van der Waals surface area (Å²) in [5.41, 5.74) is 0.300. The SMILES string of the molecule is COc1ccccc1Oc1ccc(Cl)cc1NC(=O)CN(C)S(=O)(=O)c1ccc(SC)cc1. The van der Waals surface area contributed by atoms with Crippen molar-refractivity contribution in [1.82, 2.24) is 4.31 Å². The molecule has 10 heteroatoms. The van der Waals surface area contributed by atoms with Gasteiger partial charge in [-0.05, 0) is 60.9 Å². The van der Waals surface area contributed by atoms with E-state index in [1.807, 2.05) is 6.26 Å². The monoisotopic (exact) mass is 506 g/mol. The smallest absolute Gasteiger partial charge is 0.243 e. The first-order chi connectivity index (χ1) is 15.7. The number of hydrogen-bond acceptors (Lipinski definition) is 6. The molecule has 0 bridgehead atoms. The number of carbonyl (C=O) groups excluding carboxylic acids is 1. The van der Waals surface area contributed by atoms with Crippen LogP contribution in [0.4, 0.5) is 5.69 Å². The number of likely N-dealkylation sites (N-methyl/N-ethyl adjacent to an activating group) is 1. The second kappa shape index (κ2) is 10.9.